The molecule has 0 amide bonds. The molecule has 3 saturated carbocycles. The number of rotatable bonds is 3. The first-order valence-corrected chi connectivity index (χ1v) is 5.86. The van der Waals surface area contributed by atoms with Gasteiger partial charge in [-0.25, -0.2) is 0 Å². The van der Waals surface area contributed by atoms with Gasteiger partial charge in [0.05, 0.1) is 0 Å². The summed E-state index contributed by atoms with van der Waals surface area (Å²) in [5.41, 5.74) is 6.24. The van der Waals surface area contributed by atoms with E-state index in [0.29, 0.717) is 5.41 Å². The maximum Gasteiger partial charge on any atom is -0.00772 e. The Morgan fingerprint density at radius 1 is 1.31 bits per heavy atom. The third kappa shape index (κ3) is 1.41. The van der Waals surface area contributed by atoms with Crippen molar-refractivity contribution in [2.75, 3.05) is 6.54 Å². The quantitative estimate of drug-likeness (QED) is 0.712. The molecule has 0 aromatic rings. The van der Waals surface area contributed by atoms with Crippen molar-refractivity contribution in [3.05, 3.63) is 0 Å². The van der Waals surface area contributed by atoms with Crippen molar-refractivity contribution in [2.45, 2.75) is 46.0 Å². The van der Waals surface area contributed by atoms with Gasteiger partial charge in [0.15, 0.2) is 0 Å². The lowest BCUT2D eigenvalue weighted by molar-refractivity contribution is -0.107. The van der Waals surface area contributed by atoms with Crippen LogP contribution in [0, 0.1) is 23.2 Å². The van der Waals surface area contributed by atoms with Crippen molar-refractivity contribution in [1.82, 2.24) is 0 Å². The topological polar surface area (TPSA) is 26.0 Å². The van der Waals surface area contributed by atoms with Crippen molar-refractivity contribution >= 4 is 0 Å². The van der Waals surface area contributed by atoms with Crippen LogP contribution in [0.4, 0.5) is 0 Å². The van der Waals surface area contributed by atoms with Gasteiger partial charge >= 0.3 is 0 Å². The van der Waals surface area contributed by atoms with Crippen molar-refractivity contribution in [3.8, 4) is 0 Å². The summed E-state index contributed by atoms with van der Waals surface area (Å²) in [5, 5.41) is 0. The van der Waals surface area contributed by atoms with Crippen LogP contribution in [0.1, 0.15) is 46.0 Å². The van der Waals surface area contributed by atoms with Crippen molar-refractivity contribution in [1.29, 1.82) is 0 Å². The minimum Gasteiger partial charge on any atom is -0.330 e. The zero-order valence-corrected chi connectivity index (χ0v) is 9.05. The number of nitrogens with two attached hydrogens (primary N) is 1. The Bertz CT molecular complexity index is 184. The zero-order valence-electron chi connectivity index (χ0n) is 9.05. The number of hydrogen-bond acceptors (Lipinski definition) is 1. The Morgan fingerprint density at radius 2 is 2.08 bits per heavy atom. The van der Waals surface area contributed by atoms with Crippen LogP contribution in [0.2, 0.25) is 0 Å². The summed E-state index contributed by atoms with van der Waals surface area (Å²) < 4.78 is 0. The van der Waals surface area contributed by atoms with E-state index in [1.54, 1.807) is 0 Å². The first-order valence-electron chi connectivity index (χ1n) is 5.86. The maximum absolute atomic E-state index is 5.57. The van der Waals surface area contributed by atoms with E-state index >= 15 is 0 Å². The predicted molar refractivity (Wildman–Crippen MR) is 56.4 cm³/mol. The van der Waals surface area contributed by atoms with Gasteiger partial charge < -0.3 is 5.73 Å². The van der Waals surface area contributed by atoms with Gasteiger partial charge in [-0.2, -0.15) is 0 Å². The molecule has 3 rings (SSSR count). The van der Waals surface area contributed by atoms with Crippen LogP contribution in [0.15, 0.2) is 0 Å². The maximum atomic E-state index is 5.57. The summed E-state index contributed by atoms with van der Waals surface area (Å²) in [6.07, 6.45) is 7.11. The summed E-state index contributed by atoms with van der Waals surface area (Å²) in [5.74, 6) is 3.08. The minimum atomic E-state index is 0.664. The normalized spacial score (nSPS) is 41.3. The molecule has 3 unspecified atom stereocenters. The van der Waals surface area contributed by atoms with Gasteiger partial charge in [0.2, 0.25) is 0 Å². The van der Waals surface area contributed by atoms with E-state index in [4.69, 9.17) is 5.73 Å². The minimum absolute atomic E-state index is 0.664. The lowest BCUT2D eigenvalue weighted by Crippen LogP contribution is -2.52. The van der Waals surface area contributed by atoms with Gasteiger partial charge in [0, 0.05) is 0 Å². The molecule has 1 nitrogen and oxygen atoms in total. The molecule has 76 valence electrons. The fraction of sp³-hybridized carbons (Fsp3) is 1.00. The second kappa shape index (κ2) is 3.27. The summed E-state index contributed by atoms with van der Waals surface area (Å²) in [7, 11) is 0. The molecule has 0 aromatic heterocycles. The molecule has 2 bridgehead atoms. The molecule has 1 heteroatoms. The molecule has 0 saturated heterocycles. The zero-order chi connectivity index (χ0) is 9.47. The molecular formula is C12H23N. The average molecular weight is 181 g/mol. The standard InChI is InChI=1S/C12H23N/c1-12(2)10-6-5-9(4-3-7-13)11(12)8-10/h9-11H,3-8,13H2,1-2H3. The van der Waals surface area contributed by atoms with Gasteiger partial charge in [-0.1, -0.05) is 13.8 Å². The highest BCUT2D eigenvalue weighted by Crippen LogP contribution is 2.62. The molecule has 0 aliphatic heterocycles. The van der Waals surface area contributed by atoms with E-state index in [1.807, 2.05) is 0 Å². The fourth-order valence-electron chi connectivity index (χ4n) is 3.69. The van der Waals surface area contributed by atoms with Crippen molar-refractivity contribution < 1.29 is 0 Å². The molecular weight excluding hydrogens is 158 g/mol. The van der Waals surface area contributed by atoms with Gasteiger partial charge in [-0.3, -0.25) is 0 Å². The average Bonchev–Trinajstić information content (AvgIpc) is 2.14. The lowest BCUT2D eigenvalue weighted by atomic mass is 9.45. The second-order valence-electron chi connectivity index (χ2n) is 5.63. The van der Waals surface area contributed by atoms with Gasteiger partial charge in [-0.05, 0) is 61.8 Å². The molecule has 3 aliphatic rings. The van der Waals surface area contributed by atoms with Crippen LogP contribution >= 0.6 is 0 Å². The lowest BCUT2D eigenvalue weighted by Gasteiger charge is -2.60. The molecule has 13 heavy (non-hydrogen) atoms. The first-order chi connectivity index (χ1) is 6.16. The van der Waals surface area contributed by atoms with E-state index in [2.05, 4.69) is 13.8 Å². The predicted octanol–water partition coefficient (Wildman–Crippen LogP) is 2.80. The molecule has 0 heterocycles. The monoisotopic (exact) mass is 181 g/mol. The van der Waals surface area contributed by atoms with Gasteiger partial charge in [-0.15, -0.1) is 0 Å². The molecule has 3 atom stereocenters. The summed E-state index contributed by atoms with van der Waals surface area (Å²) in [6.45, 7) is 5.83. The fourth-order valence-corrected chi connectivity index (χ4v) is 3.69. The van der Waals surface area contributed by atoms with Crippen LogP contribution in [0.25, 0.3) is 0 Å². The number of fused-ring (bicyclic) bond motifs is 2. The Balaban J connectivity index is 1.91. The van der Waals surface area contributed by atoms with Crippen LogP contribution in [0.3, 0.4) is 0 Å². The summed E-state index contributed by atoms with van der Waals surface area (Å²) in [4.78, 5) is 0. The Morgan fingerprint density at radius 3 is 2.62 bits per heavy atom. The molecule has 0 radical (unpaired) electrons. The van der Waals surface area contributed by atoms with E-state index in [9.17, 15) is 0 Å². The van der Waals surface area contributed by atoms with E-state index in [0.717, 1.165) is 24.3 Å². The van der Waals surface area contributed by atoms with E-state index < -0.39 is 0 Å². The van der Waals surface area contributed by atoms with E-state index in [1.165, 1.54) is 32.1 Å². The largest absolute Gasteiger partial charge is 0.330 e. The van der Waals surface area contributed by atoms with Gasteiger partial charge in [0.1, 0.15) is 0 Å². The Labute approximate surface area is 82.1 Å². The molecule has 3 fully saturated rings. The highest BCUT2D eigenvalue weighted by atomic mass is 14.6. The summed E-state index contributed by atoms with van der Waals surface area (Å²) in [6, 6.07) is 0. The van der Waals surface area contributed by atoms with Gasteiger partial charge in [0.25, 0.3) is 0 Å². The molecule has 0 spiro atoms. The van der Waals surface area contributed by atoms with Crippen LogP contribution in [0.5, 0.6) is 0 Å². The molecule has 2 N–H and O–H groups in total. The Hall–Kier alpha value is -0.0400. The first kappa shape index (κ1) is 9.51. The smallest absolute Gasteiger partial charge is 0.00772 e. The molecule has 3 aliphatic carbocycles. The summed E-state index contributed by atoms with van der Waals surface area (Å²) >= 11 is 0. The third-order valence-corrected chi connectivity index (χ3v) is 4.78. The van der Waals surface area contributed by atoms with Crippen LogP contribution in [-0.4, -0.2) is 6.54 Å². The van der Waals surface area contributed by atoms with Crippen molar-refractivity contribution in [2.24, 2.45) is 28.9 Å². The highest BCUT2D eigenvalue weighted by molar-refractivity contribution is 5.02. The van der Waals surface area contributed by atoms with E-state index in [-0.39, 0.29) is 0 Å². The highest BCUT2D eigenvalue weighted by Gasteiger charge is 2.53. The van der Waals surface area contributed by atoms with Crippen LogP contribution < -0.4 is 5.73 Å². The SMILES string of the molecule is CC1(C)C2CCC(CCCN)C1C2. The Kier molecular flexibility index (Phi) is 2.39. The van der Waals surface area contributed by atoms with Crippen molar-refractivity contribution in [3.63, 3.8) is 0 Å². The third-order valence-electron chi connectivity index (χ3n) is 4.78. The molecule has 0 aromatic carbocycles. The van der Waals surface area contributed by atoms with Crippen LogP contribution in [-0.2, 0) is 0 Å². The second-order valence-corrected chi connectivity index (χ2v) is 5.63. The number of hydrogen-bond donors (Lipinski definition) is 1.